The Morgan fingerprint density at radius 3 is 2.39 bits per heavy atom. The average molecular weight is 250 g/mol. The number of carboxylic acid groups (broad SMARTS) is 1. The number of hydrogen-bond acceptors (Lipinski definition) is 3. The molecule has 0 saturated heterocycles. The van der Waals surface area contributed by atoms with E-state index in [1.807, 2.05) is 24.1 Å². The van der Waals surface area contributed by atoms with Crippen molar-refractivity contribution in [3.63, 3.8) is 0 Å². The monoisotopic (exact) mass is 250 g/mol. The smallest absolute Gasteiger partial charge is 0.323 e. The van der Waals surface area contributed by atoms with Crippen molar-refractivity contribution in [1.82, 2.24) is 0 Å². The number of hydrogen-bond donors (Lipinski definition) is 2. The highest BCUT2D eigenvalue weighted by atomic mass is 16.4. The molecule has 0 amide bonds. The fourth-order valence-electron chi connectivity index (χ4n) is 1.62. The maximum Gasteiger partial charge on any atom is 0.323 e. The number of aliphatic carboxylic acids is 1. The third-order valence-corrected chi connectivity index (χ3v) is 3.24. The zero-order valence-electron chi connectivity index (χ0n) is 11.3. The van der Waals surface area contributed by atoms with Crippen LogP contribution in [0.3, 0.4) is 0 Å². The molecule has 0 fully saturated rings. The largest absolute Gasteiger partial charge is 0.480 e. The standard InChI is InChI=1S/C14H22N2O2/c1-4-11-5-7-12(8-6-11)16(3)10-9-14(2,15)13(17)18/h5-8H,4,9-10,15H2,1-3H3,(H,17,18). The first-order chi connectivity index (χ1) is 8.36. The molecule has 4 nitrogen and oxygen atoms in total. The van der Waals surface area contributed by atoms with E-state index in [1.165, 1.54) is 5.56 Å². The Balaban J connectivity index is 2.59. The van der Waals surface area contributed by atoms with Gasteiger partial charge in [-0.25, -0.2) is 0 Å². The second-order valence-electron chi connectivity index (χ2n) is 4.91. The van der Waals surface area contributed by atoms with E-state index in [9.17, 15) is 4.79 Å². The number of carboxylic acids is 1. The Kier molecular flexibility index (Phi) is 4.73. The van der Waals surface area contributed by atoms with Gasteiger partial charge >= 0.3 is 5.97 Å². The molecule has 0 aliphatic carbocycles. The minimum absolute atomic E-state index is 0.411. The van der Waals surface area contributed by atoms with E-state index in [1.54, 1.807) is 6.92 Å². The lowest BCUT2D eigenvalue weighted by Crippen LogP contribution is -2.47. The van der Waals surface area contributed by atoms with Crippen molar-refractivity contribution < 1.29 is 9.90 Å². The van der Waals surface area contributed by atoms with Gasteiger partial charge in [0.05, 0.1) is 0 Å². The predicted octanol–water partition coefficient (Wildman–Crippen LogP) is 1.88. The molecule has 0 bridgehead atoms. The minimum Gasteiger partial charge on any atom is -0.480 e. The average Bonchev–Trinajstić information content (AvgIpc) is 2.36. The van der Waals surface area contributed by atoms with Crippen LogP contribution in [0.5, 0.6) is 0 Å². The van der Waals surface area contributed by atoms with Gasteiger partial charge in [0.15, 0.2) is 0 Å². The Morgan fingerprint density at radius 2 is 1.94 bits per heavy atom. The zero-order valence-corrected chi connectivity index (χ0v) is 11.3. The molecule has 0 aromatic heterocycles. The summed E-state index contributed by atoms with van der Waals surface area (Å²) < 4.78 is 0. The van der Waals surface area contributed by atoms with Crippen LogP contribution in [0.4, 0.5) is 5.69 Å². The van der Waals surface area contributed by atoms with Crippen LogP contribution in [-0.4, -0.2) is 30.2 Å². The lowest BCUT2D eigenvalue weighted by molar-refractivity contribution is -0.142. The first kappa shape index (κ1) is 14.5. The quantitative estimate of drug-likeness (QED) is 0.809. The highest BCUT2D eigenvalue weighted by Crippen LogP contribution is 2.16. The van der Waals surface area contributed by atoms with Gasteiger partial charge in [-0.3, -0.25) is 4.79 Å². The van der Waals surface area contributed by atoms with E-state index in [0.717, 1.165) is 12.1 Å². The molecule has 3 N–H and O–H groups in total. The van der Waals surface area contributed by atoms with Gasteiger partial charge in [0.25, 0.3) is 0 Å². The summed E-state index contributed by atoms with van der Waals surface area (Å²) in [4.78, 5) is 12.9. The molecule has 1 aromatic carbocycles. The van der Waals surface area contributed by atoms with Crippen LogP contribution in [-0.2, 0) is 11.2 Å². The second kappa shape index (κ2) is 5.87. The lowest BCUT2D eigenvalue weighted by atomic mass is 9.99. The van der Waals surface area contributed by atoms with E-state index in [-0.39, 0.29) is 0 Å². The van der Waals surface area contributed by atoms with Crippen LogP contribution in [0.15, 0.2) is 24.3 Å². The van der Waals surface area contributed by atoms with E-state index in [2.05, 4.69) is 19.1 Å². The summed E-state index contributed by atoms with van der Waals surface area (Å²) >= 11 is 0. The molecule has 18 heavy (non-hydrogen) atoms. The molecule has 1 unspecified atom stereocenters. The van der Waals surface area contributed by atoms with Gasteiger partial charge in [-0.1, -0.05) is 19.1 Å². The normalized spacial score (nSPS) is 14.0. The van der Waals surface area contributed by atoms with Gasteiger partial charge in [0, 0.05) is 19.3 Å². The van der Waals surface area contributed by atoms with Crippen LogP contribution in [0.2, 0.25) is 0 Å². The third kappa shape index (κ3) is 3.74. The van der Waals surface area contributed by atoms with Crippen LogP contribution >= 0.6 is 0 Å². The molecule has 0 heterocycles. The Morgan fingerprint density at radius 1 is 1.39 bits per heavy atom. The third-order valence-electron chi connectivity index (χ3n) is 3.24. The number of rotatable bonds is 6. The van der Waals surface area contributed by atoms with Crippen LogP contribution < -0.4 is 10.6 Å². The summed E-state index contributed by atoms with van der Waals surface area (Å²) in [5.41, 5.74) is 6.91. The summed E-state index contributed by atoms with van der Waals surface area (Å²) in [6.45, 7) is 4.28. The fraction of sp³-hybridized carbons (Fsp3) is 0.500. The van der Waals surface area contributed by atoms with Gasteiger partial charge < -0.3 is 15.7 Å². The van der Waals surface area contributed by atoms with E-state index in [0.29, 0.717) is 13.0 Å². The molecule has 0 radical (unpaired) electrons. The first-order valence-electron chi connectivity index (χ1n) is 6.19. The fourth-order valence-corrected chi connectivity index (χ4v) is 1.62. The molecular weight excluding hydrogens is 228 g/mol. The van der Waals surface area contributed by atoms with Crippen LogP contribution in [0, 0.1) is 0 Å². The van der Waals surface area contributed by atoms with Crippen molar-refractivity contribution >= 4 is 11.7 Å². The van der Waals surface area contributed by atoms with Crippen molar-refractivity contribution in [1.29, 1.82) is 0 Å². The van der Waals surface area contributed by atoms with Gasteiger partial charge in [-0.15, -0.1) is 0 Å². The maximum absolute atomic E-state index is 10.9. The molecule has 0 aliphatic rings. The highest BCUT2D eigenvalue weighted by Gasteiger charge is 2.27. The highest BCUT2D eigenvalue weighted by molar-refractivity contribution is 5.77. The van der Waals surface area contributed by atoms with Crippen molar-refractivity contribution in [2.75, 3.05) is 18.5 Å². The Hall–Kier alpha value is -1.55. The number of nitrogens with two attached hydrogens (primary N) is 1. The molecular formula is C14H22N2O2. The Bertz CT molecular complexity index is 399. The summed E-state index contributed by atoms with van der Waals surface area (Å²) in [6, 6.07) is 8.27. The summed E-state index contributed by atoms with van der Waals surface area (Å²) in [5, 5.41) is 8.95. The van der Waals surface area contributed by atoms with Crippen LogP contribution in [0.1, 0.15) is 25.8 Å². The summed E-state index contributed by atoms with van der Waals surface area (Å²) in [6.07, 6.45) is 1.43. The van der Waals surface area contributed by atoms with Crippen molar-refractivity contribution in [3.8, 4) is 0 Å². The SMILES string of the molecule is CCc1ccc(N(C)CCC(C)(N)C(=O)O)cc1. The van der Waals surface area contributed by atoms with Gasteiger partial charge in [0.1, 0.15) is 5.54 Å². The van der Waals surface area contributed by atoms with Crippen molar-refractivity contribution in [2.45, 2.75) is 32.2 Å². The number of anilines is 1. The Labute approximate surface area is 108 Å². The molecule has 1 aromatic rings. The molecule has 1 atom stereocenters. The number of benzene rings is 1. The topological polar surface area (TPSA) is 66.6 Å². The zero-order chi connectivity index (χ0) is 13.8. The lowest BCUT2D eigenvalue weighted by Gasteiger charge is -2.25. The molecule has 4 heteroatoms. The van der Waals surface area contributed by atoms with Gasteiger partial charge in [-0.2, -0.15) is 0 Å². The number of carbonyl (C=O) groups is 1. The summed E-state index contributed by atoms with van der Waals surface area (Å²) in [5.74, 6) is -0.961. The van der Waals surface area contributed by atoms with Gasteiger partial charge in [0.2, 0.25) is 0 Å². The number of nitrogens with zero attached hydrogens (tertiary/aromatic N) is 1. The minimum atomic E-state index is -1.17. The maximum atomic E-state index is 10.9. The van der Waals surface area contributed by atoms with E-state index >= 15 is 0 Å². The number of aryl methyl sites for hydroxylation is 1. The van der Waals surface area contributed by atoms with Crippen molar-refractivity contribution in [3.05, 3.63) is 29.8 Å². The van der Waals surface area contributed by atoms with Crippen LogP contribution in [0.25, 0.3) is 0 Å². The molecule has 100 valence electrons. The molecule has 0 saturated carbocycles. The molecule has 0 spiro atoms. The first-order valence-corrected chi connectivity index (χ1v) is 6.19. The van der Waals surface area contributed by atoms with E-state index < -0.39 is 11.5 Å². The molecule has 1 rings (SSSR count). The van der Waals surface area contributed by atoms with Crippen molar-refractivity contribution in [2.24, 2.45) is 5.73 Å². The van der Waals surface area contributed by atoms with E-state index in [4.69, 9.17) is 10.8 Å². The predicted molar refractivity (Wildman–Crippen MR) is 73.9 cm³/mol. The summed E-state index contributed by atoms with van der Waals surface area (Å²) in [7, 11) is 1.94. The molecule has 0 aliphatic heterocycles. The van der Waals surface area contributed by atoms with Gasteiger partial charge in [-0.05, 0) is 37.5 Å². The second-order valence-corrected chi connectivity index (χ2v) is 4.91.